The van der Waals surface area contributed by atoms with Crippen molar-refractivity contribution in [2.24, 2.45) is 0 Å². The van der Waals surface area contributed by atoms with Crippen LogP contribution in [0.1, 0.15) is 22.0 Å². The second kappa shape index (κ2) is 8.55. The van der Waals surface area contributed by atoms with Crippen LogP contribution in [0, 0.1) is 0 Å². The summed E-state index contributed by atoms with van der Waals surface area (Å²) in [5.41, 5.74) is 1.94. The molecule has 0 spiro atoms. The number of methoxy groups -OCH3 is 1. The quantitative estimate of drug-likeness (QED) is 0.868. The summed E-state index contributed by atoms with van der Waals surface area (Å²) in [5, 5.41) is 5.42. The molecule has 142 valence electrons. The molecule has 1 unspecified atom stereocenters. The first kappa shape index (κ1) is 18.7. The second-order valence-corrected chi connectivity index (χ2v) is 6.14. The third kappa shape index (κ3) is 4.38. The number of amides is 3. The molecule has 2 aromatic rings. The largest absolute Gasteiger partial charge is 0.496 e. The van der Waals surface area contributed by atoms with Crippen LogP contribution >= 0.6 is 0 Å². The van der Waals surface area contributed by atoms with Crippen LogP contribution in [0.25, 0.3) is 0 Å². The predicted molar refractivity (Wildman–Crippen MR) is 102 cm³/mol. The Balaban J connectivity index is 1.70. The lowest BCUT2D eigenvalue weighted by Gasteiger charge is -2.33. The summed E-state index contributed by atoms with van der Waals surface area (Å²) in [6.45, 7) is 1.45. The number of ether oxygens (including phenoxy) is 2. The van der Waals surface area contributed by atoms with Crippen molar-refractivity contribution in [2.75, 3.05) is 39.2 Å². The monoisotopic (exact) mass is 369 g/mol. The van der Waals surface area contributed by atoms with Crippen molar-refractivity contribution in [1.29, 1.82) is 0 Å². The number of anilines is 1. The van der Waals surface area contributed by atoms with Gasteiger partial charge in [-0.05, 0) is 23.8 Å². The van der Waals surface area contributed by atoms with E-state index in [1.54, 1.807) is 30.1 Å². The van der Waals surface area contributed by atoms with Gasteiger partial charge in [0.1, 0.15) is 11.9 Å². The van der Waals surface area contributed by atoms with E-state index in [2.05, 4.69) is 10.6 Å². The molecule has 2 N–H and O–H groups in total. The molecule has 0 aromatic heterocycles. The molecule has 0 aliphatic carbocycles. The molecule has 2 aromatic carbocycles. The van der Waals surface area contributed by atoms with Gasteiger partial charge in [-0.2, -0.15) is 0 Å². The van der Waals surface area contributed by atoms with Gasteiger partial charge in [0.2, 0.25) is 0 Å². The molecule has 1 heterocycles. The summed E-state index contributed by atoms with van der Waals surface area (Å²) < 4.78 is 11.0. The topological polar surface area (TPSA) is 79.9 Å². The summed E-state index contributed by atoms with van der Waals surface area (Å²) in [6.07, 6.45) is -0.150. The molecule has 3 amide bonds. The molecule has 0 radical (unpaired) electrons. The highest BCUT2D eigenvalue weighted by atomic mass is 16.5. The van der Waals surface area contributed by atoms with Gasteiger partial charge in [0.15, 0.2) is 0 Å². The summed E-state index contributed by atoms with van der Waals surface area (Å²) in [5.74, 6) is 0.168. The molecule has 1 saturated heterocycles. The molecular weight excluding hydrogens is 346 g/mol. The van der Waals surface area contributed by atoms with Crippen molar-refractivity contribution in [3.63, 3.8) is 0 Å². The van der Waals surface area contributed by atoms with Gasteiger partial charge in [-0.3, -0.25) is 4.79 Å². The van der Waals surface area contributed by atoms with Gasteiger partial charge in [0, 0.05) is 19.3 Å². The van der Waals surface area contributed by atoms with E-state index in [9.17, 15) is 9.59 Å². The van der Waals surface area contributed by atoms with Gasteiger partial charge >= 0.3 is 6.03 Å². The first-order chi connectivity index (χ1) is 13.1. The molecule has 0 bridgehead atoms. The fraction of sp³-hybridized carbons (Fsp3) is 0.300. The molecule has 0 saturated carbocycles. The highest BCUT2D eigenvalue weighted by Crippen LogP contribution is 2.25. The van der Waals surface area contributed by atoms with Crippen molar-refractivity contribution < 1.29 is 19.1 Å². The lowest BCUT2D eigenvalue weighted by Crippen LogP contribution is -2.44. The number of urea groups is 1. The number of nitrogens with zero attached hydrogens (tertiary/aromatic N) is 1. The van der Waals surface area contributed by atoms with Crippen molar-refractivity contribution >= 4 is 17.6 Å². The summed E-state index contributed by atoms with van der Waals surface area (Å²) in [7, 11) is 3.04. The van der Waals surface area contributed by atoms with Crippen LogP contribution in [0.5, 0.6) is 5.75 Å². The number of morpholine rings is 1. The van der Waals surface area contributed by atoms with E-state index >= 15 is 0 Å². The number of rotatable bonds is 4. The molecule has 3 rings (SSSR count). The smallest absolute Gasteiger partial charge is 0.322 e. The number of carbonyl (C=O) groups is 2. The fourth-order valence-electron chi connectivity index (χ4n) is 3.00. The summed E-state index contributed by atoms with van der Waals surface area (Å²) >= 11 is 0. The van der Waals surface area contributed by atoms with Gasteiger partial charge in [-0.1, -0.05) is 30.3 Å². The number of nitrogens with one attached hydrogen (secondary N) is 2. The van der Waals surface area contributed by atoms with Crippen LogP contribution in [-0.2, 0) is 4.74 Å². The van der Waals surface area contributed by atoms with E-state index in [1.165, 1.54) is 7.11 Å². The maximum absolute atomic E-state index is 12.7. The molecule has 1 aliphatic rings. The standard InChI is InChI=1S/C20H23N3O4/c1-21-19(24)16-12-15(8-9-17(16)26-2)22-20(25)23-10-11-27-18(13-23)14-6-4-3-5-7-14/h3-9,12,18H,10-11,13H2,1-2H3,(H,21,24)(H,22,25). The molecule has 7 heteroatoms. The Labute approximate surface area is 158 Å². The average Bonchev–Trinajstić information content (AvgIpc) is 2.73. The van der Waals surface area contributed by atoms with Crippen molar-refractivity contribution in [3.05, 3.63) is 59.7 Å². The summed E-state index contributed by atoms with van der Waals surface area (Å²) in [4.78, 5) is 26.4. The molecule has 1 fully saturated rings. The van der Waals surface area contributed by atoms with Crippen LogP contribution in [-0.4, -0.2) is 50.7 Å². The minimum absolute atomic E-state index is 0.150. The zero-order valence-corrected chi connectivity index (χ0v) is 15.4. The minimum Gasteiger partial charge on any atom is -0.496 e. The van der Waals surface area contributed by atoms with Crippen molar-refractivity contribution in [2.45, 2.75) is 6.10 Å². The summed E-state index contributed by atoms with van der Waals surface area (Å²) in [6, 6.07) is 14.6. The van der Waals surface area contributed by atoms with E-state index in [-0.39, 0.29) is 18.0 Å². The maximum atomic E-state index is 12.7. The van der Waals surface area contributed by atoms with Crippen LogP contribution in [0.4, 0.5) is 10.5 Å². The molecule has 1 aliphatic heterocycles. The first-order valence-electron chi connectivity index (χ1n) is 8.75. The Morgan fingerprint density at radius 1 is 1.19 bits per heavy atom. The van der Waals surface area contributed by atoms with Crippen LogP contribution in [0.2, 0.25) is 0 Å². The molecule has 7 nitrogen and oxygen atoms in total. The van der Waals surface area contributed by atoms with E-state index in [1.807, 2.05) is 30.3 Å². The zero-order valence-electron chi connectivity index (χ0n) is 15.4. The third-order valence-corrected chi connectivity index (χ3v) is 4.45. The van der Waals surface area contributed by atoms with E-state index < -0.39 is 0 Å². The number of hydrogen-bond donors (Lipinski definition) is 2. The molecule has 27 heavy (non-hydrogen) atoms. The average molecular weight is 369 g/mol. The number of hydrogen-bond acceptors (Lipinski definition) is 4. The van der Waals surface area contributed by atoms with Crippen LogP contribution in [0.15, 0.2) is 48.5 Å². The SMILES string of the molecule is CNC(=O)c1cc(NC(=O)N2CCOC(c3ccccc3)C2)ccc1OC. The Morgan fingerprint density at radius 3 is 2.67 bits per heavy atom. The Hall–Kier alpha value is -3.06. The third-order valence-electron chi connectivity index (χ3n) is 4.45. The van der Waals surface area contributed by atoms with Gasteiger partial charge in [-0.25, -0.2) is 4.79 Å². The number of carbonyl (C=O) groups excluding carboxylic acids is 2. The van der Waals surface area contributed by atoms with Crippen LogP contribution in [0.3, 0.4) is 0 Å². The van der Waals surface area contributed by atoms with Crippen molar-refractivity contribution in [3.8, 4) is 5.75 Å². The number of benzene rings is 2. The molecular formula is C20H23N3O4. The Morgan fingerprint density at radius 2 is 1.96 bits per heavy atom. The van der Waals surface area contributed by atoms with Crippen LogP contribution < -0.4 is 15.4 Å². The highest BCUT2D eigenvalue weighted by Gasteiger charge is 2.25. The zero-order chi connectivity index (χ0) is 19.2. The minimum atomic E-state index is -0.279. The lowest BCUT2D eigenvalue weighted by molar-refractivity contribution is -0.0135. The van der Waals surface area contributed by atoms with Gasteiger partial charge in [0.25, 0.3) is 5.91 Å². The normalized spacial score (nSPS) is 16.5. The first-order valence-corrected chi connectivity index (χ1v) is 8.75. The fourth-order valence-corrected chi connectivity index (χ4v) is 3.00. The second-order valence-electron chi connectivity index (χ2n) is 6.14. The maximum Gasteiger partial charge on any atom is 0.322 e. The van der Waals surface area contributed by atoms with Gasteiger partial charge in [0.05, 0.1) is 25.8 Å². The predicted octanol–water partition coefficient (Wildman–Crippen LogP) is 2.66. The van der Waals surface area contributed by atoms with Gasteiger partial charge in [-0.15, -0.1) is 0 Å². The Bertz CT molecular complexity index is 810. The van der Waals surface area contributed by atoms with E-state index in [0.717, 1.165) is 5.56 Å². The highest BCUT2D eigenvalue weighted by molar-refractivity contribution is 5.99. The molecule has 1 atom stereocenters. The van der Waals surface area contributed by atoms with E-state index in [4.69, 9.17) is 9.47 Å². The Kier molecular flexibility index (Phi) is 5.93. The lowest BCUT2D eigenvalue weighted by atomic mass is 10.1. The van der Waals surface area contributed by atoms with Crippen molar-refractivity contribution in [1.82, 2.24) is 10.2 Å². The van der Waals surface area contributed by atoms with Gasteiger partial charge < -0.3 is 25.0 Å². The van der Waals surface area contributed by atoms with E-state index in [0.29, 0.717) is 36.7 Å².